The Bertz CT molecular complexity index is 1730. The quantitative estimate of drug-likeness (QED) is 0.191. The van der Waals surface area contributed by atoms with Gasteiger partial charge in [0, 0.05) is 6.20 Å². The number of hydrazone groups is 1. The number of hydrogen-bond acceptors (Lipinski definition) is 6. The van der Waals surface area contributed by atoms with E-state index in [1.807, 2.05) is 42.5 Å². The number of benzene rings is 4. The highest BCUT2D eigenvalue weighted by atomic mass is 32.2. The number of sulfonamides is 1. The van der Waals surface area contributed by atoms with Gasteiger partial charge >= 0.3 is 0 Å². The van der Waals surface area contributed by atoms with Crippen LogP contribution < -0.4 is 14.5 Å². The van der Waals surface area contributed by atoms with Gasteiger partial charge in [-0.25, -0.2) is 23.1 Å². The Morgan fingerprint density at radius 3 is 2.33 bits per heavy atom. The molecule has 1 aromatic heterocycles. The number of aromatic nitrogens is 1. The molecule has 1 N–H and O–H groups in total. The molecule has 0 atom stereocenters. The number of nitrogens with one attached hydrogen (secondary N) is 1. The van der Waals surface area contributed by atoms with E-state index in [2.05, 4.69) is 39.8 Å². The molecule has 0 aliphatic rings. The lowest BCUT2D eigenvalue weighted by molar-refractivity contribution is -0.119. The van der Waals surface area contributed by atoms with Gasteiger partial charge in [-0.2, -0.15) is 5.10 Å². The number of amides is 1. The van der Waals surface area contributed by atoms with Crippen LogP contribution in [0.5, 0.6) is 5.75 Å². The van der Waals surface area contributed by atoms with Gasteiger partial charge in [-0.15, -0.1) is 0 Å². The lowest BCUT2D eigenvalue weighted by Gasteiger charge is -2.22. The minimum absolute atomic E-state index is 0.0554. The minimum atomic E-state index is -4.02. The van der Waals surface area contributed by atoms with E-state index in [1.54, 1.807) is 30.3 Å². The molecule has 0 fully saturated rings. The number of anilines is 1. The van der Waals surface area contributed by atoms with Gasteiger partial charge in [0.1, 0.15) is 24.7 Å². The van der Waals surface area contributed by atoms with Gasteiger partial charge in [-0.3, -0.25) is 4.79 Å². The Balaban J connectivity index is 1.19. The Kier molecular flexibility index (Phi) is 8.13. The first-order valence-corrected chi connectivity index (χ1v) is 13.9. The van der Waals surface area contributed by atoms with E-state index in [4.69, 9.17) is 4.74 Å². The monoisotopic (exact) mass is 550 g/mol. The number of fused-ring (bicyclic) bond motifs is 1. The molecule has 0 unspecified atom stereocenters. The second kappa shape index (κ2) is 12.2. The summed E-state index contributed by atoms with van der Waals surface area (Å²) in [5, 5.41) is 6.34. The van der Waals surface area contributed by atoms with Gasteiger partial charge in [0.05, 0.1) is 11.1 Å². The third kappa shape index (κ3) is 6.51. The molecule has 40 heavy (non-hydrogen) atoms. The van der Waals surface area contributed by atoms with Crippen LogP contribution in [0.3, 0.4) is 0 Å². The van der Waals surface area contributed by atoms with Gasteiger partial charge in [-0.1, -0.05) is 60.7 Å². The van der Waals surface area contributed by atoms with Gasteiger partial charge in [0.15, 0.2) is 0 Å². The number of hydrogen-bond donors (Lipinski definition) is 1. The van der Waals surface area contributed by atoms with Crippen molar-refractivity contribution in [3.05, 3.63) is 133 Å². The summed E-state index contributed by atoms with van der Waals surface area (Å²) in [6.45, 7) is -0.0554. The summed E-state index contributed by atoms with van der Waals surface area (Å²) < 4.78 is 33.4. The van der Waals surface area contributed by atoms with E-state index >= 15 is 0 Å². The molecule has 200 valence electrons. The number of ether oxygens (including phenoxy) is 1. The van der Waals surface area contributed by atoms with Crippen LogP contribution in [-0.2, 0) is 21.4 Å². The van der Waals surface area contributed by atoms with E-state index in [9.17, 15) is 13.2 Å². The summed E-state index contributed by atoms with van der Waals surface area (Å²) in [5.74, 6) is 0.216. The van der Waals surface area contributed by atoms with E-state index < -0.39 is 22.5 Å². The lowest BCUT2D eigenvalue weighted by Crippen LogP contribution is -2.40. The van der Waals surface area contributed by atoms with E-state index in [1.165, 1.54) is 36.0 Å². The highest BCUT2D eigenvalue weighted by Gasteiger charge is 2.27. The SMILES string of the molecule is O=C(CN(c1ccccn1)S(=O)(=O)c1ccccc1)N/N=C\c1ccc(OCc2ccc3ccccc3c2)cc1. The molecule has 8 nitrogen and oxygen atoms in total. The number of carbonyl (C=O) groups is 1. The second-order valence-electron chi connectivity index (χ2n) is 8.85. The number of carbonyl (C=O) groups excluding carboxylic acids is 1. The highest BCUT2D eigenvalue weighted by Crippen LogP contribution is 2.21. The van der Waals surface area contributed by atoms with Crippen LogP contribution in [0.4, 0.5) is 5.82 Å². The van der Waals surface area contributed by atoms with Gasteiger partial charge in [0.2, 0.25) is 0 Å². The van der Waals surface area contributed by atoms with E-state index in [0.29, 0.717) is 12.4 Å². The topological polar surface area (TPSA) is 101 Å². The van der Waals surface area contributed by atoms with Gasteiger partial charge in [0.25, 0.3) is 15.9 Å². The Labute approximate surface area is 232 Å². The van der Waals surface area contributed by atoms with E-state index in [-0.39, 0.29) is 10.7 Å². The molecule has 1 heterocycles. The smallest absolute Gasteiger partial charge is 0.265 e. The van der Waals surface area contributed by atoms with Gasteiger partial charge < -0.3 is 4.74 Å². The molecule has 0 aliphatic heterocycles. The first-order valence-electron chi connectivity index (χ1n) is 12.5. The normalized spacial score (nSPS) is 11.4. The summed E-state index contributed by atoms with van der Waals surface area (Å²) in [5.41, 5.74) is 4.20. The molecule has 0 bridgehead atoms. The van der Waals surface area contributed by atoms with Crippen LogP contribution in [0.1, 0.15) is 11.1 Å². The lowest BCUT2D eigenvalue weighted by atomic mass is 10.1. The van der Waals surface area contributed by atoms with Crippen LogP contribution in [-0.4, -0.2) is 32.1 Å². The molecule has 1 amide bonds. The van der Waals surface area contributed by atoms with Crippen molar-refractivity contribution in [2.75, 3.05) is 10.8 Å². The molecular formula is C31H26N4O4S. The molecule has 0 spiro atoms. The molecule has 0 saturated carbocycles. The maximum Gasteiger partial charge on any atom is 0.265 e. The minimum Gasteiger partial charge on any atom is -0.489 e. The Morgan fingerprint density at radius 1 is 0.850 bits per heavy atom. The maximum absolute atomic E-state index is 13.3. The average molecular weight is 551 g/mol. The molecule has 4 aromatic carbocycles. The Morgan fingerprint density at radius 2 is 1.57 bits per heavy atom. The zero-order chi connectivity index (χ0) is 27.8. The largest absolute Gasteiger partial charge is 0.489 e. The fourth-order valence-electron chi connectivity index (χ4n) is 4.00. The van der Waals surface area contributed by atoms with Crippen molar-refractivity contribution in [1.82, 2.24) is 10.4 Å². The third-order valence-electron chi connectivity index (χ3n) is 6.03. The van der Waals surface area contributed by atoms with Crippen LogP contribution in [0.25, 0.3) is 10.8 Å². The predicted molar refractivity (Wildman–Crippen MR) is 156 cm³/mol. The molecule has 0 saturated heterocycles. The van der Waals surface area contributed by atoms with Crippen LogP contribution >= 0.6 is 0 Å². The molecular weight excluding hydrogens is 524 g/mol. The average Bonchev–Trinajstić information content (AvgIpc) is 3.00. The van der Waals surface area contributed by atoms with Crippen molar-refractivity contribution in [2.24, 2.45) is 5.10 Å². The van der Waals surface area contributed by atoms with Crippen molar-refractivity contribution in [3.63, 3.8) is 0 Å². The standard InChI is InChI=1S/C31H26N4O4S/c36-31(22-35(30-12-6-7-19-32-30)40(37,38)29-10-2-1-3-11-29)34-33-21-24-14-17-28(18-15-24)39-23-25-13-16-26-8-4-5-9-27(26)20-25/h1-21H,22-23H2,(H,34,36)/b33-21-. The highest BCUT2D eigenvalue weighted by molar-refractivity contribution is 7.92. The summed E-state index contributed by atoms with van der Waals surface area (Å²) in [4.78, 5) is 16.9. The summed E-state index contributed by atoms with van der Waals surface area (Å²) >= 11 is 0. The van der Waals surface area contributed by atoms with E-state index in [0.717, 1.165) is 20.8 Å². The van der Waals surface area contributed by atoms with Gasteiger partial charge in [-0.05, 0) is 76.5 Å². The summed E-state index contributed by atoms with van der Waals surface area (Å²) in [7, 11) is -4.02. The Hall–Kier alpha value is -5.02. The maximum atomic E-state index is 13.3. The fourth-order valence-corrected chi connectivity index (χ4v) is 5.40. The van der Waals surface area contributed by atoms with Crippen LogP contribution in [0.15, 0.2) is 131 Å². The number of pyridine rings is 1. The molecule has 5 rings (SSSR count). The third-order valence-corrected chi connectivity index (χ3v) is 7.79. The number of rotatable bonds is 10. The summed E-state index contributed by atoms with van der Waals surface area (Å²) in [6.07, 6.45) is 2.94. The second-order valence-corrected chi connectivity index (χ2v) is 10.7. The summed E-state index contributed by atoms with van der Waals surface area (Å²) in [6, 6.07) is 34.4. The van der Waals surface area contributed by atoms with Crippen molar-refractivity contribution < 1.29 is 17.9 Å². The first-order chi connectivity index (χ1) is 19.5. The molecule has 0 radical (unpaired) electrons. The van der Waals surface area contributed by atoms with Crippen molar-refractivity contribution in [1.29, 1.82) is 0 Å². The fraction of sp³-hybridized carbons (Fsp3) is 0.0645. The molecule has 9 heteroatoms. The zero-order valence-electron chi connectivity index (χ0n) is 21.4. The molecule has 5 aromatic rings. The number of nitrogens with zero attached hydrogens (tertiary/aromatic N) is 3. The van der Waals surface area contributed by atoms with Crippen LogP contribution in [0, 0.1) is 0 Å². The first kappa shape index (κ1) is 26.6. The predicted octanol–water partition coefficient (Wildman–Crippen LogP) is 5.16. The van der Waals surface area contributed by atoms with Crippen molar-refractivity contribution >= 4 is 38.7 Å². The zero-order valence-corrected chi connectivity index (χ0v) is 22.2. The molecule has 0 aliphatic carbocycles. The van der Waals surface area contributed by atoms with Crippen molar-refractivity contribution in [3.8, 4) is 5.75 Å². The van der Waals surface area contributed by atoms with Crippen molar-refractivity contribution in [2.45, 2.75) is 11.5 Å². The van der Waals surface area contributed by atoms with Crippen LogP contribution in [0.2, 0.25) is 0 Å².